The highest BCUT2D eigenvalue weighted by atomic mass is 16.5. The molecule has 2 aromatic rings. The van der Waals surface area contributed by atoms with E-state index in [0.717, 1.165) is 6.20 Å². The van der Waals surface area contributed by atoms with Gasteiger partial charge in [-0.2, -0.15) is 0 Å². The number of H-pyrrole nitrogens is 2. The van der Waals surface area contributed by atoms with E-state index >= 15 is 0 Å². The third-order valence-corrected chi connectivity index (χ3v) is 2.64. The summed E-state index contributed by atoms with van der Waals surface area (Å²) in [5, 5.41) is 2.42. The van der Waals surface area contributed by atoms with Gasteiger partial charge in [0.1, 0.15) is 5.56 Å². The number of aromatic nitrogens is 2. The van der Waals surface area contributed by atoms with Crippen molar-refractivity contribution in [2.24, 2.45) is 0 Å². The summed E-state index contributed by atoms with van der Waals surface area (Å²) in [6.07, 6.45) is 0.997. The van der Waals surface area contributed by atoms with Crippen LogP contribution >= 0.6 is 0 Å². The van der Waals surface area contributed by atoms with E-state index in [1.54, 1.807) is 12.1 Å². The van der Waals surface area contributed by atoms with Crippen LogP contribution in [0.3, 0.4) is 0 Å². The average Bonchev–Trinajstić information content (AvgIpc) is 2.46. The predicted molar refractivity (Wildman–Crippen MR) is 73.4 cm³/mol. The second kappa shape index (κ2) is 5.87. The van der Waals surface area contributed by atoms with Crippen LogP contribution in [0.15, 0.2) is 40.1 Å². The van der Waals surface area contributed by atoms with Crippen LogP contribution in [0.5, 0.6) is 0 Å². The minimum atomic E-state index is -0.827. The molecule has 8 heteroatoms. The molecule has 1 amide bonds. The number of hydrogen-bond acceptors (Lipinski definition) is 5. The molecule has 0 aliphatic rings. The summed E-state index contributed by atoms with van der Waals surface area (Å²) < 4.78 is 4.60. The minimum Gasteiger partial charge on any atom is -0.465 e. The number of hydrogen-bond donors (Lipinski definition) is 3. The standard InChI is InChI=1S/C13H11N3O5/c1-21-12(19)7-4-2-3-5-9(7)15-10(17)8-6-14-13(20)16-11(8)18/h2-6H,1H3,(H,15,17)(H2,14,16,18,20). The minimum absolute atomic E-state index is 0.147. The molecule has 0 fully saturated rings. The van der Waals surface area contributed by atoms with Gasteiger partial charge < -0.3 is 15.0 Å². The Morgan fingerprint density at radius 1 is 1.14 bits per heavy atom. The molecule has 0 aliphatic heterocycles. The lowest BCUT2D eigenvalue weighted by Crippen LogP contribution is -2.30. The lowest BCUT2D eigenvalue weighted by atomic mass is 10.1. The molecule has 0 spiro atoms. The number of methoxy groups -OCH3 is 1. The highest BCUT2D eigenvalue weighted by molar-refractivity contribution is 6.07. The van der Waals surface area contributed by atoms with Gasteiger partial charge in [-0.3, -0.25) is 14.6 Å². The Labute approximate surface area is 117 Å². The molecule has 0 atom stereocenters. The number of rotatable bonds is 3. The maximum absolute atomic E-state index is 12.0. The van der Waals surface area contributed by atoms with Crippen molar-refractivity contribution in [3.05, 3.63) is 62.4 Å². The fraction of sp³-hybridized carbons (Fsp3) is 0.0769. The Hall–Kier alpha value is -3.16. The van der Waals surface area contributed by atoms with Crippen LogP contribution in [0.4, 0.5) is 5.69 Å². The van der Waals surface area contributed by atoms with Crippen molar-refractivity contribution < 1.29 is 14.3 Å². The first-order valence-corrected chi connectivity index (χ1v) is 5.83. The molecular weight excluding hydrogens is 278 g/mol. The van der Waals surface area contributed by atoms with E-state index in [-0.39, 0.29) is 16.8 Å². The number of nitrogens with one attached hydrogen (secondary N) is 3. The molecule has 0 radical (unpaired) electrons. The number of esters is 1. The highest BCUT2D eigenvalue weighted by Crippen LogP contribution is 2.16. The van der Waals surface area contributed by atoms with E-state index in [4.69, 9.17) is 0 Å². The van der Waals surface area contributed by atoms with Gasteiger partial charge in [-0.1, -0.05) is 12.1 Å². The first-order chi connectivity index (χ1) is 10.0. The molecule has 0 aliphatic carbocycles. The maximum atomic E-state index is 12.0. The van der Waals surface area contributed by atoms with E-state index in [1.807, 2.05) is 4.98 Å². The van der Waals surface area contributed by atoms with E-state index in [9.17, 15) is 19.2 Å². The Morgan fingerprint density at radius 3 is 2.52 bits per heavy atom. The molecule has 0 saturated carbocycles. The van der Waals surface area contributed by atoms with Crippen molar-refractivity contribution in [2.45, 2.75) is 0 Å². The van der Waals surface area contributed by atoms with Gasteiger partial charge >= 0.3 is 11.7 Å². The summed E-state index contributed by atoms with van der Waals surface area (Å²) >= 11 is 0. The fourth-order valence-corrected chi connectivity index (χ4v) is 1.65. The van der Waals surface area contributed by atoms with E-state index in [0.29, 0.717) is 0 Å². The topological polar surface area (TPSA) is 121 Å². The number of ether oxygens (including phenoxy) is 1. The van der Waals surface area contributed by atoms with Gasteiger partial charge in [0.25, 0.3) is 11.5 Å². The number of para-hydroxylation sites is 1. The summed E-state index contributed by atoms with van der Waals surface area (Å²) in [5.74, 6) is -1.38. The van der Waals surface area contributed by atoms with Crippen LogP contribution in [0.25, 0.3) is 0 Å². The zero-order valence-corrected chi connectivity index (χ0v) is 10.9. The van der Waals surface area contributed by atoms with Crippen LogP contribution in [0.1, 0.15) is 20.7 Å². The SMILES string of the molecule is COC(=O)c1ccccc1NC(=O)c1c[nH]c(=O)[nH]c1=O. The van der Waals surface area contributed by atoms with Crippen molar-refractivity contribution in [1.82, 2.24) is 9.97 Å². The summed E-state index contributed by atoms with van der Waals surface area (Å²) in [6.45, 7) is 0. The Bertz CT molecular complexity index is 806. The molecule has 108 valence electrons. The van der Waals surface area contributed by atoms with Gasteiger partial charge in [0.15, 0.2) is 0 Å². The number of carbonyl (C=O) groups excluding carboxylic acids is 2. The number of benzene rings is 1. The second-order valence-corrected chi connectivity index (χ2v) is 3.98. The molecule has 2 rings (SSSR count). The van der Waals surface area contributed by atoms with Gasteiger partial charge in [-0.15, -0.1) is 0 Å². The van der Waals surface area contributed by atoms with Crippen LogP contribution in [0, 0.1) is 0 Å². The number of anilines is 1. The fourth-order valence-electron chi connectivity index (χ4n) is 1.65. The van der Waals surface area contributed by atoms with Crippen molar-refractivity contribution in [3.8, 4) is 0 Å². The molecule has 0 saturated heterocycles. The molecule has 0 unspecified atom stereocenters. The highest BCUT2D eigenvalue weighted by Gasteiger charge is 2.16. The molecule has 1 heterocycles. The van der Waals surface area contributed by atoms with Gasteiger partial charge in [0, 0.05) is 6.20 Å². The zero-order chi connectivity index (χ0) is 15.4. The molecular formula is C13H11N3O5. The number of aromatic amines is 2. The average molecular weight is 289 g/mol. The predicted octanol–water partition coefficient (Wildman–Crippen LogP) is 0.102. The third-order valence-electron chi connectivity index (χ3n) is 2.64. The first kappa shape index (κ1) is 14.3. The van der Waals surface area contributed by atoms with Gasteiger partial charge in [-0.25, -0.2) is 9.59 Å². The number of amides is 1. The molecule has 0 bridgehead atoms. The van der Waals surface area contributed by atoms with E-state index in [2.05, 4.69) is 15.0 Å². The van der Waals surface area contributed by atoms with Crippen molar-refractivity contribution >= 4 is 17.6 Å². The van der Waals surface area contributed by atoms with Crippen LogP contribution in [-0.2, 0) is 4.74 Å². The molecule has 1 aromatic heterocycles. The largest absolute Gasteiger partial charge is 0.465 e. The van der Waals surface area contributed by atoms with Crippen molar-refractivity contribution in [1.29, 1.82) is 0 Å². The lowest BCUT2D eigenvalue weighted by Gasteiger charge is -2.08. The van der Waals surface area contributed by atoms with Gasteiger partial charge in [0.2, 0.25) is 0 Å². The third kappa shape index (κ3) is 3.06. The zero-order valence-electron chi connectivity index (χ0n) is 10.9. The quantitative estimate of drug-likeness (QED) is 0.692. The number of carbonyl (C=O) groups is 2. The summed E-state index contributed by atoms with van der Waals surface area (Å²) in [5.41, 5.74) is -1.48. The summed E-state index contributed by atoms with van der Waals surface area (Å²) in [4.78, 5) is 50.1. The summed E-state index contributed by atoms with van der Waals surface area (Å²) in [6, 6.07) is 6.18. The Kier molecular flexibility index (Phi) is 3.98. The lowest BCUT2D eigenvalue weighted by molar-refractivity contribution is 0.0602. The summed E-state index contributed by atoms with van der Waals surface area (Å²) in [7, 11) is 1.22. The van der Waals surface area contributed by atoms with E-state index < -0.39 is 23.1 Å². The Balaban J connectivity index is 2.34. The maximum Gasteiger partial charge on any atom is 0.339 e. The molecule has 3 N–H and O–H groups in total. The first-order valence-electron chi connectivity index (χ1n) is 5.83. The van der Waals surface area contributed by atoms with E-state index in [1.165, 1.54) is 19.2 Å². The smallest absolute Gasteiger partial charge is 0.339 e. The van der Waals surface area contributed by atoms with Gasteiger partial charge in [0.05, 0.1) is 18.4 Å². The monoisotopic (exact) mass is 289 g/mol. The Morgan fingerprint density at radius 2 is 1.86 bits per heavy atom. The van der Waals surface area contributed by atoms with Crippen LogP contribution < -0.4 is 16.6 Å². The van der Waals surface area contributed by atoms with Gasteiger partial charge in [-0.05, 0) is 12.1 Å². The molecule has 21 heavy (non-hydrogen) atoms. The normalized spacial score (nSPS) is 9.95. The molecule has 8 nitrogen and oxygen atoms in total. The van der Waals surface area contributed by atoms with Crippen molar-refractivity contribution in [3.63, 3.8) is 0 Å². The van der Waals surface area contributed by atoms with Crippen LogP contribution in [0.2, 0.25) is 0 Å². The van der Waals surface area contributed by atoms with Crippen molar-refractivity contribution in [2.75, 3.05) is 12.4 Å². The molecule has 1 aromatic carbocycles. The second-order valence-electron chi connectivity index (χ2n) is 3.98. The van der Waals surface area contributed by atoms with Crippen LogP contribution in [-0.4, -0.2) is 29.0 Å².